The number of methoxy groups -OCH3 is 1. The summed E-state index contributed by atoms with van der Waals surface area (Å²) in [6, 6.07) is 13.0. The number of likely N-dealkylation sites (tertiary alicyclic amines) is 1. The first-order valence-corrected chi connectivity index (χ1v) is 12.1. The number of ether oxygens (including phenoxy) is 1. The lowest BCUT2D eigenvalue weighted by Crippen LogP contribution is -2.39. The second-order valence-corrected chi connectivity index (χ2v) is 9.11. The number of carbonyl (C=O) groups is 1. The van der Waals surface area contributed by atoms with Gasteiger partial charge in [0.05, 0.1) is 35.7 Å². The van der Waals surface area contributed by atoms with Crippen LogP contribution in [0.15, 0.2) is 55.0 Å². The third-order valence-corrected chi connectivity index (χ3v) is 6.73. The third-order valence-electron chi connectivity index (χ3n) is 6.48. The van der Waals surface area contributed by atoms with Gasteiger partial charge in [-0.1, -0.05) is 23.7 Å². The molecule has 2 aromatic heterocycles. The lowest BCUT2D eigenvalue weighted by atomic mass is 9.93. The molecule has 0 radical (unpaired) electrons. The molecule has 8 nitrogen and oxygen atoms in total. The van der Waals surface area contributed by atoms with E-state index in [1.165, 1.54) is 0 Å². The summed E-state index contributed by atoms with van der Waals surface area (Å²) >= 11 is 6.10. The Labute approximate surface area is 208 Å². The zero-order valence-corrected chi connectivity index (χ0v) is 20.3. The summed E-state index contributed by atoms with van der Waals surface area (Å²) in [6.07, 6.45) is 6.26. The number of piperidine rings is 1. The number of imidazole rings is 1. The van der Waals surface area contributed by atoms with Crippen molar-refractivity contribution in [3.63, 3.8) is 0 Å². The van der Waals surface area contributed by atoms with Crippen molar-refractivity contribution in [2.24, 2.45) is 0 Å². The number of anilines is 1. The number of carbonyl (C=O) groups excluding carboxylic acids is 1. The maximum Gasteiger partial charge on any atom is 0.254 e. The van der Waals surface area contributed by atoms with Crippen LogP contribution in [0.25, 0.3) is 22.2 Å². The number of halogens is 1. The van der Waals surface area contributed by atoms with Crippen LogP contribution in [-0.2, 0) is 11.3 Å². The normalized spacial score (nSPS) is 16.1. The Morgan fingerprint density at radius 1 is 1.17 bits per heavy atom. The first-order chi connectivity index (χ1) is 17.0. The highest BCUT2D eigenvalue weighted by atomic mass is 35.5. The molecule has 1 atom stereocenters. The molecule has 0 bridgehead atoms. The highest BCUT2D eigenvalue weighted by Gasteiger charge is 2.32. The fourth-order valence-corrected chi connectivity index (χ4v) is 4.83. The molecule has 1 aliphatic rings. The van der Waals surface area contributed by atoms with Gasteiger partial charge in [0.1, 0.15) is 0 Å². The number of nitrogen functional groups attached to an aromatic ring is 1. The molecule has 4 aromatic rings. The van der Waals surface area contributed by atoms with Crippen molar-refractivity contribution in [1.82, 2.24) is 24.4 Å². The Hall–Kier alpha value is -3.49. The van der Waals surface area contributed by atoms with E-state index in [4.69, 9.17) is 22.1 Å². The SMILES string of the molecule is COCCn1cnc2cc(C(=O)N3CCCCC3c3nc(N)ncc3-c3ccc(Cl)cc3)ccc21. The third kappa shape index (κ3) is 4.72. The van der Waals surface area contributed by atoms with Crippen molar-refractivity contribution in [3.05, 3.63) is 71.3 Å². The van der Waals surface area contributed by atoms with Crippen molar-refractivity contribution >= 4 is 34.5 Å². The maximum absolute atomic E-state index is 13.8. The van der Waals surface area contributed by atoms with E-state index in [0.29, 0.717) is 30.3 Å². The first kappa shape index (κ1) is 23.3. The number of nitrogens with two attached hydrogens (primary N) is 1. The van der Waals surface area contributed by atoms with Crippen molar-refractivity contribution < 1.29 is 9.53 Å². The fraction of sp³-hybridized carbons (Fsp3) is 0.308. The molecule has 1 amide bonds. The molecule has 9 heteroatoms. The average Bonchev–Trinajstić information content (AvgIpc) is 3.29. The van der Waals surface area contributed by atoms with Crippen LogP contribution in [0.3, 0.4) is 0 Å². The first-order valence-electron chi connectivity index (χ1n) is 11.7. The number of hydrogen-bond donors (Lipinski definition) is 1. The highest BCUT2D eigenvalue weighted by molar-refractivity contribution is 6.30. The molecule has 2 N–H and O–H groups in total. The van der Waals surface area contributed by atoms with Crippen LogP contribution in [0.2, 0.25) is 5.02 Å². The summed E-state index contributed by atoms with van der Waals surface area (Å²) in [7, 11) is 1.68. The molecule has 2 aromatic carbocycles. The van der Waals surface area contributed by atoms with Crippen LogP contribution >= 0.6 is 11.6 Å². The Morgan fingerprint density at radius 3 is 2.80 bits per heavy atom. The quantitative estimate of drug-likeness (QED) is 0.419. The van der Waals surface area contributed by atoms with Gasteiger partial charge in [0, 0.05) is 42.5 Å². The summed E-state index contributed by atoms with van der Waals surface area (Å²) < 4.78 is 7.21. The molecule has 0 spiro atoms. The van der Waals surface area contributed by atoms with Crippen molar-refractivity contribution in [2.45, 2.75) is 31.8 Å². The van der Waals surface area contributed by atoms with Crippen molar-refractivity contribution in [1.29, 1.82) is 0 Å². The Morgan fingerprint density at radius 2 is 2.00 bits per heavy atom. The molecule has 180 valence electrons. The lowest BCUT2D eigenvalue weighted by molar-refractivity contribution is 0.0607. The monoisotopic (exact) mass is 490 g/mol. The van der Waals surface area contributed by atoms with Gasteiger partial charge in [0.25, 0.3) is 5.91 Å². The fourth-order valence-electron chi connectivity index (χ4n) is 4.70. The zero-order valence-electron chi connectivity index (χ0n) is 19.5. The molecule has 3 heterocycles. The zero-order chi connectivity index (χ0) is 24.4. The van der Waals surface area contributed by atoms with Gasteiger partial charge in [-0.3, -0.25) is 4.79 Å². The number of hydrogen-bond acceptors (Lipinski definition) is 6. The van der Waals surface area contributed by atoms with Gasteiger partial charge in [0.2, 0.25) is 5.95 Å². The van der Waals surface area contributed by atoms with Gasteiger partial charge in [-0.25, -0.2) is 15.0 Å². The average molecular weight is 491 g/mol. The number of fused-ring (bicyclic) bond motifs is 1. The summed E-state index contributed by atoms with van der Waals surface area (Å²) in [5.41, 5.74) is 10.9. The van der Waals surface area contributed by atoms with Crippen LogP contribution in [0.4, 0.5) is 5.95 Å². The molecule has 35 heavy (non-hydrogen) atoms. The van der Waals surface area contributed by atoms with Gasteiger partial charge in [-0.15, -0.1) is 0 Å². The van der Waals surface area contributed by atoms with Gasteiger partial charge in [-0.2, -0.15) is 0 Å². The van der Waals surface area contributed by atoms with Crippen molar-refractivity contribution in [3.8, 4) is 11.1 Å². The molecule has 5 rings (SSSR count). The van der Waals surface area contributed by atoms with Crippen LogP contribution in [0.1, 0.15) is 41.4 Å². The molecule has 1 saturated heterocycles. The number of benzene rings is 2. The summed E-state index contributed by atoms with van der Waals surface area (Å²) in [6.45, 7) is 1.95. The van der Waals surface area contributed by atoms with Gasteiger partial charge in [-0.05, 0) is 55.2 Å². The molecule has 1 aliphatic heterocycles. The van der Waals surface area contributed by atoms with Crippen LogP contribution in [0.5, 0.6) is 0 Å². The van der Waals surface area contributed by atoms with E-state index in [1.807, 2.05) is 51.9 Å². The van der Waals surface area contributed by atoms with Gasteiger partial charge < -0.3 is 19.9 Å². The van der Waals surface area contributed by atoms with E-state index in [-0.39, 0.29) is 17.9 Å². The minimum atomic E-state index is -0.206. The van der Waals surface area contributed by atoms with E-state index in [9.17, 15) is 4.79 Å². The summed E-state index contributed by atoms with van der Waals surface area (Å²) in [5, 5.41) is 0.654. The second kappa shape index (κ2) is 10.0. The van der Waals surface area contributed by atoms with E-state index < -0.39 is 0 Å². The number of aromatic nitrogens is 4. The van der Waals surface area contributed by atoms with Gasteiger partial charge in [0.15, 0.2) is 0 Å². The number of nitrogens with zero attached hydrogens (tertiary/aromatic N) is 5. The van der Waals surface area contributed by atoms with Gasteiger partial charge >= 0.3 is 0 Å². The van der Waals surface area contributed by atoms with Crippen LogP contribution in [-0.4, -0.2) is 50.6 Å². The topological polar surface area (TPSA) is 99.2 Å². The van der Waals surface area contributed by atoms with E-state index >= 15 is 0 Å². The molecule has 1 unspecified atom stereocenters. The molecular weight excluding hydrogens is 464 g/mol. The largest absolute Gasteiger partial charge is 0.383 e. The molecule has 1 fully saturated rings. The Balaban J connectivity index is 1.49. The summed E-state index contributed by atoms with van der Waals surface area (Å²) in [5.74, 6) is 0.154. The Bertz CT molecular complexity index is 1350. The highest BCUT2D eigenvalue weighted by Crippen LogP contribution is 2.37. The van der Waals surface area contributed by atoms with Crippen LogP contribution in [0, 0.1) is 0 Å². The number of amides is 1. The summed E-state index contributed by atoms with van der Waals surface area (Å²) in [4.78, 5) is 29.0. The standard InChI is InChI=1S/C26H27ClN6O2/c1-35-13-12-32-16-30-21-14-18(7-10-22(21)32)25(34)33-11-3-2-4-23(33)24-20(15-29-26(28)31-24)17-5-8-19(27)9-6-17/h5-10,14-16,23H,2-4,11-13H2,1H3,(H2,28,29,31). The minimum absolute atomic E-state index is 0.0396. The lowest BCUT2D eigenvalue weighted by Gasteiger charge is -2.36. The number of rotatable bonds is 6. The second-order valence-electron chi connectivity index (χ2n) is 8.68. The van der Waals surface area contributed by atoms with Crippen molar-refractivity contribution in [2.75, 3.05) is 26.0 Å². The maximum atomic E-state index is 13.8. The molecule has 0 aliphatic carbocycles. The van der Waals surface area contributed by atoms with E-state index in [1.54, 1.807) is 19.6 Å². The minimum Gasteiger partial charge on any atom is -0.383 e. The molecule has 0 saturated carbocycles. The van der Waals surface area contributed by atoms with E-state index in [2.05, 4.69) is 15.0 Å². The predicted molar refractivity (Wildman–Crippen MR) is 136 cm³/mol. The predicted octanol–water partition coefficient (Wildman–Crippen LogP) is 4.74. The Kier molecular flexibility index (Phi) is 6.66. The molecular formula is C26H27ClN6O2. The van der Waals surface area contributed by atoms with E-state index in [0.717, 1.165) is 47.1 Å². The smallest absolute Gasteiger partial charge is 0.254 e. The van der Waals surface area contributed by atoms with Crippen LogP contribution < -0.4 is 5.73 Å².